The van der Waals surface area contributed by atoms with E-state index in [2.05, 4.69) is 29.4 Å². The Morgan fingerprint density at radius 1 is 1.03 bits per heavy atom. The summed E-state index contributed by atoms with van der Waals surface area (Å²) in [7, 11) is 0. The minimum atomic E-state index is -0.493. The van der Waals surface area contributed by atoms with E-state index in [-0.39, 0.29) is 0 Å². The van der Waals surface area contributed by atoms with Gasteiger partial charge in [-0.25, -0.2) is 9.78 Å². The number of nitrogens with zero attached hydrogens (tertiary/aromatic N) is 1. The number of benzene rings is 1. The van der Waals surface area contributed by atoms with Crippen molar-refractivity contribution in [3.8, 4) is 0 Å². The van der Waals surface area contributed by atoms with Crippen LogP contribution in [0.4, 0.5) is 4.79 Å². The first-order valence-corrected chi connectivity index (χ1v) is 11.2. The number of unbranched alkanes of at least 4 members (excludes halogenated alkanes) is 7. The summed E-state index contributed by atoms with van der Waals surface area (Å²) in [5.41, 5.74) is 2.52. The number of aryl methyl sites for hydroxylation is 1. The Morgan fingerprint density at radius 3 is 2.41 bits per heavy atom. The minimum Gasteiger partial charge on any atom is -0.444 e. The van der Waals surface area contributed by atoms with Crippen LogP contribution in [0.3, 0.4) is 0 Å². The van der Waals surface area contributed by atoms with E-state index in [4.69, 9.17) is 9.15 Å². The van der Waals surface area contributed by atoms with Gasteiger partial charge in [0.05, 0.1) is 0 Å². The number of oxazole rings is 1. The zero-order valence-corrected chi connectivity index (χ0v) is 18.7. The maximum atomic E-state index is 11.7. The molecule has 0 saturated heterocycles. The highest BCUT2D eigenvalue weighted by Crippen LogP contribution is 2.19. The third-order valence-electron chi connectivity index (χ3n) is 4.82. The largest absolute Gasteiger partial charge is 0.444 e. The maximum Gasteiger partial charge on any atom is 0.407 e. The molecule has 0 atom stereocenters. The van der Waals surface area contributed by atoms with Crippen molar-refractivity contribution in [3.63, 3.8) is 0 Å². The predicted molar refractivity (Wildman–Crippen MR) is 118 cm³/mol. The molecule has 0 aliphatic heterocycles. The Kier molecular flexibility index (Phi) is 9.49. The molecular weight excluding hydrogens is 364 g/mol. The number of alkyl carbamates (subject to hydrolysis) is 1. The Hall–Kier alpha value is -2.04. The van der Waals surface area contributed by atoms with E-state index in [1.165, 1.54) is 56.9 Å². The smallest absolute Gasteiger partial charge is 0.407 e. The minimum absolute atomic E-state index is 0.415. The molecule has 1 aromatic heterocycles. The molecule has 1 aromatic carbocycles. The Balaban J connectivity index is 1.71. The summed E-state index contributed by atoms with van der Waals surface area (Å²) in [4.78, 5) is 16.3. The lowest BCUT2D eigenvalue weighted by Gasteiger charge is -2.19. The molecule has 0 fully saturated rings. The van der Waals surface area contributed by atoms with E-state index in [0.717, 1.165) is 17.5 Å². The molecule has 0 unspecified atom stereocenters. The van der Waals surface area contributed by atoms with Gasteiger partial charge in [0.15, 0.2) is 11.5 Å². The third-order valence-corrected chi connectivity index (χ3v) is 4.82. The summed E-state index contributed by atoms with van der Waals surface area (Å²) >= 11 is 0. The maximum absolute atomic E-state index is 11.7. The van der Waals surface area contributed by atoms with Crippen molar-refractivity contribution in [1.82, 2.24) is 10.3 Å². The molecule has 0 bridgehead atoms. The van der Waals surface area contributed by atoms with E-state index < -0.39 is 11.7 Å². The number of carbonyl (C=O) groups is 1. The highest BCUT2D eigenvalue weighted by atomic mass is 16.6. The summed E-state index contributed by atoms with van der Waals surface area (Å²) in [5.74, 6) is 0.639. The number of carbonyl (C=O) groups excluding carboxylic acids is 1. The molecule has 1 amide bonds. The molecule has 2 aromatic rings. The van der Waals surface area contributed by atoms with Gasteiger partial charge in [0.1, 0.15) is 11.1 Å². The van der Waals surface area contributed by atoms with Gasteiger partial charge in [-0.2, -0.15) is 0 Å². The van der Waals surface area contributed by atoms with Gasteiger partial charge in [-0.1, -0.05) is 57.9 Å². The van der Waals surface area contributed by atoms with Gasteiger partial charge in [-0.05, 0) is 51.3 Å². The molecule has 0 spiro atoms. The van der Waals surface area contributed by atoms with Crippen LogP contribution < -0.4 is 5.32 Å². The monoisotopic (exact) mass is 402 g/mol. The van der Waals surface area contributed by atoms with Gasteiger partial charge in [-0.3, -0.25) is 0 Å². The second kappa shape index (κ2) is 11.8. The van der Waals surface area contributed by atoms with E-state index in [1.807, 2.05) is 26.8 Å². The van der Waals surface area contributed by atoms with Crippen molar-refractivity contribution < 1.29 is 13.9 Å². The van der Waals surface area contributed by atoms with Gasteiger partial charge in [-0.15, -0.1) is 0 Å². The molecule has 2 rings (SSSR count). The Bertz CT molecular complexity index is 746. The molecule has 0 aliphatic carbocycles. The Labute approximate surface area is 175 Å². The van der Waals surface area contributed by atoms with Crippen LogP contribution in [0, 0.1) is 0 Å². The van der Waals surface area contributed by atoms with E-state index in [1.54, 1.807) is 0 Å². The summed E-state index contributed by atoms with van der Waals surface area (Å²) in [6, 6.07) is 6.27. The Morgan fingerprint density at radius 2 is 1.72 bits per heavy atom. The first kappa shape index (κ1) is 23.2. The van der Waals surface area contributed by atoms with E-state index >= 15 is 0 Å². The molecule has 5 nitrogen and oxygen atoms in total. The van der Waals surface area contributed by atoms with Crippen molar-refractivity contribution in [2.24, 2.45) is 0 Å². The summed E-state index contributed by atoms with van der Waals surface area (Å²) in [5, 5.41) is 2.74. The lowest BCUT2D eigenvalue weighted by atomic mass is 10.0. The van der Waals surface area contributed by atoms with Crippen molar-refractivity contribution in [2.75, 3.05) is 6.54 Å². The van der Waals surface area contributed by atoms with Crippen LogP contribution >= 0.6 is 0 Å². The van der Waals surface area contributed by atoms with Crippen molar-refractivity contribution >= 4 is 17.2 Å². The van der Waals surface area contributed by atoms with Crippen molar-refractivity contribution in [1.29, 1.82) is 0 Å². The van der Waals surface area contributed by atoms with Gasteiger partial charge in [0, 0.05) is 13.0 Å². The molecular formula is C24H38N2O3. The van der Waals surface area contributed by atoms with Gasteiger partial charge in [0.2, 0.25) is 0 Å². The van der Waals surface area contributed by atoms with Crippen molar-refractivity contribution in [3.05, 3.63) is 29.7 Å². The fraction of sp³-hybridized carbons (Fsp3) is 0.667. The predicted octanol–water partition coefficient (Wildman–Crippen LogP) is 6.58. The van der Waals surface area contributed by atoms with Gasteiger partial charge < -0.3 is 14.5 Å². The first-order chi connectivity index (χ1) is 13.9. The van der Waals surface area contributed by atoms with Crippen molar-refractivity contribution in [2.45, 2.75) is 97.5 Å². The SMILES string of the molecule is CCCCCCCCCCc1ccc2oc(CCNC(=O)OC(C)(C)C)nc2c1. The van der Waals surface area contributed by atoms with Crippen LogP contribution in [-0.2, 0) is 17.6 Å². The highest BCUT2D eigenvalue weighted by molar-refractivity contribution is 5.73. The molecule has 0 radical (unpaired) electrons. The summed E-state index contributed by atoms with van der Waals surface area (Å²) < 4.78 is 11.0. The fourth-order valence-corrected chi connectivity index (χ4v) is 3.33. The number of hydrogen-bond acceptors (Lipinski definition) is 4. The summed E-state index contributed by atoms with van der Waals surface area (Å²) in [6.45, 7) is 8.23. The second-order valence-electron chi connectivity index (χ2n) is 8.81. The number of aromatic nitrogens is 1. The molecule has 0 saturated carbocycles. The molecule has 29 heavy (non-hydrogen) atoms. The third kappa shape index (κ3) is 9.33. The number of nitrogens with one attached hydrogen (secondary N) is 1. The average molecular weight is 403 g/mol. The number of rotatable bonds is 12. The van der Waals surface area contributed by atoms with Crippen LogP contribution in [0.25, 0.3) is 11.1 Å². The van der Waals surface area contributed by atoms with Crippen LogP contribution in [0.2, 0.25) is 0 Å². The molecule has 0 aliphatic rings. The lowest BCUT2D eigenvalue weighted by molar-refractivity contribution is 0.0528. The molecule has 1 heterocycles. The number of fused-ring (bicyclic) bond motifs is 1. The molecule has 5 heteroatoms. The van der Waals surface area contributed by atoms with Gasteiger partial charge in [0.25, 0.3) is 0 Å². The molecule has 1 N–H and O–H groups in total. The zero-order valence-electron chi connectivity index (χ0n) is 18.7. The topological polar surface area (TPSA) is 64.4 Å². The number of hydrogen-bond donors (Lipinski definition) is 1. The first-order valence-electron chi connectivity index (χ1n) is 11.2. The van der Waals surface area contributed by atoms with E-state index in [9.17, 15) is 4.79 Å². The lowest BCUT2D eigenvalue weighted by Crippen LogP contribution is -2.33. The fourth-order valence-electron chi connectivity index (χ4n) is 3.33. The molecule has 162 valence electrons. The second-order valence-corrected chi connectivity index (χ2v) is 8.81. The number of ether oxygens (including phenoxy) is 1. The van der Waals surface area contributed by atoms with Crippen LogP contribution in [-0.4, -0.2) is 23.2 Å². The quantitative estimate of drug-likeness (QED) is 0.407. The zero-order chi connectivity index (χ0) is 21.1. The average Bonchev–Trinajstić information content (AvgIpc) is 3.04. The van der Waals surface area contributed by atoms with Gasteiger partial charge >= 0.3 is 6.09 Å². The van der Waals surface area contributed by atoms with Crippen LogP contribution in [0.5, 0.6) is 0 Å². The standard InChI is InChI=1S/C24H38N2O3/c1-5-6-7-8-9-10-11-12-13-19-14-15-21-20(18-19)26-22(28-21)16-17-25-23(27)29-24(2,3)4/h14-15,18H,5-13,16-17H2,1-4H3,(H,25,27). The summed E-state index contributed by atoms with van der Waals surface area (Å²) in [6.07, 6.45) is 11.9. The normalized spacial score (nSPS) is 11.7. The van der Waals surface area contributed by atoms with Crippen LogP contribution in [0.15, 0.2) is 22.6 Å². The number of amides is 1. The highest BCUT2D eigenvalue weighted by Gasteiger charge is 2.16. The van der Waals surface area contributed by atoms with E-state index in [0.29, 0.717) is 18.9 Å². The van der Waals surface area contributed by atoms with Crippen LogP contribution in [0.1, 0.15) is 90.5 Å².